The average Bonchev–Trinajstić information content (AvgIpc) is 2.35. The minimum Gasteiger partial charge on any atom is -0.383 e. The summed E-state index contributed by atoms with van der Waals surface area (Å²) in [5, 5.41) is 3.37. The summed E-state index contributed by atoms with van der Waals surface area (Å²) in [5.74, 6) is 1.99. The van der Waals surface area contributed by atoms with Crippen LogP contribution in [0.5, 0.6) is 0 Å². The predicted octanol–water partition coefficient (Wildman–Crippen LogP) is 3.56. The largest absolute Gasteiger partial charge is 0.383 e. The second-order valence-corrected chi connectivity index (χ2v) is 6.02. The van der Waals surface area contributed by atoms with Gasteiger partial charge in [-0.15, -0.1) is 11.8 Å². The zero-order valence-corrected chi connectivity index (χ0v) is 12.6. The topological polar surface area (TPSA) is 21.3 Å². The van der Waals surface area contributed by atoms with Crippen LogP contribution in [0.1, 0.15) is 25.8 Å². The normalized spacial score (nSPS) is 11.1. The number of hydrogen-bond acceptors (Lipinski definition) is 3. The van der Waals surface area contributed by atoms with Gasteiger partial charge in [-0.3, -0.25) is 0 Å². The SMILES string of the molecule is COCCNCc1cccc(SCCC(C)C)c1. The Labute approximate surface area is 116 Å². The summed E-state index contributed by atoms with van der Waals surface area (Å²) in [6, 6.07) is 8.80. The Morgan fingerprint density at radius 1 is 1.33 bits per heavy atom. The zero-order chi connectivity index (χ0) is 13.2. The molecule has 0 fully saturated rings. The van der Waals surface area contributed by atoms with E-state index in [1.165, 1.54) is 22.6 Å². The Bertz CT molecular complexity index is 328. The van der Waals surface area contributed by atoms with E-state index < -0.39 is 0 Å². The van der Waals surface area contributed by atoms with Crippen LogP contribution in [0.4, 0.5) is 0 Å². The van der Waals surface area contributed by atoms with Crippen LogP contribution < -0.4 is 5.32 Å². The van der Waals surface area contributed by atoms with Crippen molar-refractivity contribution in [1.29, 1.82) is 0 Å². The van der Waals surface area contributed by atoms with Crippen LogP contribution >= 0.6 is 11.8 Å². The first kappa shape index (κ1) is 15.5. The minimum atomic E-state index is 0.767. The summed E-state index contributed by atoms with van der Waals surface area (Å²) in [5.41, 5.74) is 1.35. The molecule has 0 aliphatic carbocycles. The summed E-state index contributed by atoms with van der Waals surface area (Å²) in [6.45, 7) is 7.14. The van der Waals surface area contributed by atoms with Crippen LogP contribution in [0.15, 0.2) is 29.2 Å². The second kappa shape index (κ2) is 9.42. The lowest BCUT2D eigenvalue weighted by Gasteiger charge is -2.07. The highest BCUT2D eigenvalue weighted by atomic mass is 32.2. The molecule has 0 radical (unpaired) electrons. The van der Waals surface area contributed by atoms with Crippen LogP contribution in [0, 0.1) is 5.92 Å². The molecule has 0 aliphatic heterocycles. The standard InChI is InChI=1S/C15H25NOS/c1-13(2)7-10-18-15-6-4-5-14(11-15)12-16-8-9-17-3/h4-6,11,13,16H,7-10,12H2,1-3H3. The number of rotatable bonds is 9. The van der Waals surface area contributed by atoms with Gasteiger partial charge in [0.25, 0.3) is 0 Å². The fraction of sp³-hybridized carbons (Fsp3) is 0.600. The minimum absolute atomic E-state index is 0.767. The van der Waals surface area contributed by atoms with Crippen LogP contribution in [-0.2, 0) is 11.3 Å². The third-order valence-corrected chi connectivity index (χ3v) is 3.70. The summed E-state index contributed by atoms with van der Waals surface area (Å²) >= 11 is 1.95. The molecule has 0 atom stereocenters. The van der Waals surface area contributed by atoms with Crippen LogP contribution in [0.3, 0.4) is 0 Å². The molecule has 3 heteroatoms. The molecule has 0 spiro atoms. The van der Waals surface area contributed by atoms with Gasteiger partial charge in [0.05, 0.1) is 6.61 Å². The van der Waals surface area contributed by atoms with Crippen LogP contribution in [0.25, 0.3) is 0 Å². The predicted molar refractivity (Wildman–Crippen MR) is 80.2 cm³/mol. The van der Waals surface area contributed by atoms with Gasteiger partial charge in [-0.05, 0) is 35.8 Å². The lowest BCUT2D eigenvalue weighted by atomic mass is 10.2. The summed E-state index contributed by atoms with van der Waals surface area (Å²) in [6.07, 6.45) is 1.28. The zero-order valence-electron chi connectivity index (χ0n) is 11.7. The first-order valence-electron chi connectivity index (χ1n) is 6.63. The third-order valence-electron chi connectivity index (χ3n) is 2.67. The maximum Gasteiger partial charge on any atom is 0.0587 e. The lowest BCUT2D eigenvalue weighted by Crippen LogP contribution is -2.18. The molecule has 1 N–H and O–H groups in total. The Morgan fingerprint density at radius 2 is 2.17 bits per heavy atom. The number of hydrogen-bond donors (Lipinski definition) is 1. The Morgan fingerprint density at radius 3 is 2.89 bits per heavy atom. The maximum atomic E-state index is 5.01. The van der Waals surface area contributed by atoms with E-state index in [9.17, 15) is 0 Å². The van der Waals surface area contributed by atoms with Gasteiger partial charge in [0.15, 0.2) is 0 Å². The summed E-state index contributed by atoms with van der Waals surface area (Å²) in [7, 11) is 1.73. The molecule has 1 rings (SSSR count). The van der Waals surface area contributed by atoms with Gasteiger partial charge in [0.1, 0.15) is 0 Å². The van der Waals surface area contributed by atoms with Gasteiger partial charge in [0.2, 0.25) is 0 Å². The highest BCUT2D eigenvalue weighted by Crippen LogP contribution is 2.21. The fourth-order valence-corrected chi connectivity index (χ4v) is 2.80. The van der Waals surface area contributed by atoms with E-state index >= 15 is 0 Å². The van der Waals surface area contributed by atoms with E-state index in [1.807, 2.05) is 11.8 Å². The van der Waals surface area contributed by atoms with Gasteiger partial charge in [-0.25, -0.2) is 0 Å². The first-order valence-corrected chi connectivity index (χ1v) is 7.62. The molecule has 0 saturated carbocycles. The number of nitrogens with one attached hydrogen (secondary N) is 1. The van der Waals surface area contributed by atoms with Crippen molar-refractivity contribution in [2.75, 3.05) is 26.0 Å². The van der Waals surface area contributed by atoms with Crippen molar-refractivity contribution in [3.05, 3.63) is 29.8 Å². The average molecular weight is 267 g/mol. The molecule has 1 aromatic rings. The van der Waals surface area contributed by atoms with Crippen molar-refractivity contribution in [3.63, 3.8) is 0 Å². The first-order chi connectivity index (χ1) is 8.72. The van der Waals surface area contributed by atoms with E-state index in [0.29, 0.717) is 0 Å². The number of benzene rings is 1. The summed E-state index contributed by atoms with van der Waals surface area (Å²) in [4.78, 5) is 1.38. The van der Waals surface area contributed by atoms with Crippen molar-refractivity contribution >= 4 is 11.8 Å². The van der Waals surface area contributed by atoms with E-state index in [4.69, 9.17) is 4.74 Å². The molecular weight excluding hydrogens is 242 g/mol. The molecule has 102 valence electrons. The Balaban J connectivity index is 2.32. The van der Waals surface area contributed by atoms with Gasteiger partial charge in [-0.1, -0.05) is 26.0 Å². The molecule has 18 heavy (non-hydrogen) atoms. The fourth-order valence-electron chi connectivity index (χ4n) is 1.56. The van der Waals surface area contributed by atoms with Gasteiger partial charge in [0, 0.05) is 25.1 Å². The third kappa shape index (κ3) is 7.04. The van der Waals surface area contributed by atoms with E-state index in [-0.39, 0.29) is 0 Å². The molecule has 0 bridgehead atoms. The molecule has 1 aromatic carbocycles. The van der Waals surface area contributed by atoms with Gasteiger partial charge in [-0.2, -0.15) is 0 Å². The number of thioether (sulfide) groups is 1. The molecule has 0 saturated heterocycles. The molecule has 0 amide bonds. The van der Waals surface area contributed by atoms with Crippen molar-refractivity contribution in [2.24, 2.45) is 5.92 Å². The maximum absolute atomic E-state index is 5.01. The van der Waals surface area contributed by atoms with E-state index in [2.05, 4.69) is 43.4 Å². The molecule has 0 aromatic heterocycles. The molecule has 0 unspecified atom stereocenters. The Hall–Kier alpha value is -0.510. The Kier molecular flexibility index (Phi) is 8.14. The van der Waals surface area contributed by atoms with E-state index in [0.717, 1.165) is 25.6 Å². The highest BCUT2D eigenvalue weighted by molar-refractivity contribution is 7.99. The number of methoxy groups -OCH3 is 1. The van der Waals surface area contributed by atoms with E-state index in [1.54, 1.807) is 7.11 Å². The summed E-state index contributed by atoms with van der Waals surface area (Å²) < 4.78 is 5.01. The highest BCUT2D eigenvalue weighted by Gasteiger charge is 1.99. The van der Waals surface area contributed by atoms with Crippen molar-refractivity contribution < 1.29 is 4.74 Å². The van der Waals surface area contributed by atoms with Crippen LogP contribution in [0.2, 0.25) is 0 Å². The molecule has 0 aliphatic rings. The van der Waals surface area contributed by atoms with Crippen LogP contribution in [-0.4, -0.2) is 26.0 Å². The monoisotopic (exact) mass is 267 g/mol. The lowest BCUT2D eigenvalue weighted by molar-refractivity contribution is 0.199. The molecule has 0 heterocycles. The smallest absolute Gasteiger partial charge is 0.0587 e. The number of ether oxygens (including phenoxy) is 1. The molecular formula is C15H25NOS. The molecule has 2 nitrogen and oxygen atoms in total. The van der Waals surface area contributed by atoms with Gasteiger partial charge >= 0.3 is 0 Å². The van der Waals surface area contributed by atoms with Gasteiger partial charge < -0.3 is 10.1 Å². The van der Waals surface area contributed by atoms with Crippen molar-refractivity contribution in [1.82, 2.24) is 5.32 Å². The second-order valence-electron chi connectivity index (χ2n) is 4.85. The van der Waals surface area contributed by atoms with Crippen molar-refractivity contribution in [3.8, 4) is 0 Å². The quantitative estimate of drug-likeness (QED) is 0.546. The van der Waals surface area contributed by atoms with Crippen molar-refractivity contribution in [2.45, 2.75) is 31.7 Å².